The van der Waals surface area contributed by atoms with E-state index in [4.69, 9.17) is 11.6 Å². The smallest absolute Gasteiger partial charge is 0.307 e. The summed E-state index contributed by atoms with van der Waals surface area (Å²) in [6.07, 6.45) is -0.0602. The van der Waals surface area contributed by atoms with Crippen LogP contribution in [-0.2, 0) is 9.53 Å². The average Bonchev–Trinajstić information content (AvgIpc) is 3.08. The van der Waals surface area contributed by atoms with Crippen LogP contribution in [0.15, 0.2) is 35.7 Å². The number of esters is 1. The molecule has 0 radical (unpaired) electrons. The SMILES string of the molecule is COC(=O)CC(NC(=O)c1cc([N+](=O)[O-])ccc1Cl)c1cccs1. The minimum absolute atomic E-state index is 0.0303. The molecule has 126 valence electrons. The second-order valence-electron chi connectivity index (χ2n) is 4.74. The summed E-state index contributed by atoms with van der Waals surface area (Å²) >= 11 is 7.33. The number of thiophene rings is 1. The van der Waals surface area contributed by atoms with Gasteiger partial charge in [-0.3, -0.25) is 19.7 Å². The van der Waals surface area contributed by atoms with Gasteiger partial charge in [0.1, 0.15) is 0 Å². The van der Waals surface area contributed by atoms with Gasteiger partial charge in [0.05, 0.1) is 35.1 Å². The van der Waals surface area contributed by atoms with Crippen LogP contribution in [0.4, 0.5) is 5.69 Å². The highest BCUT2D eigenvalue weighted by molar-refractivity contribution is 7.10. The number of amides is 1. The Morgan fingerprint density at radius 3 is 2.75 bits per heavy atom. The molecule has 0 spiro atoms. The Morgan fingerprint density at radius 2 is 2.17 bits per heavy atom. The van der Waals surface area contributed by atoms with Crippen LogP contribution in [0.2, 0.25) is 5.02 Å². The lowest BCUT2D eigenvalue weighted by atomic mass is 10.1. The number of benzene rings is 1. The van der Waals surface area contributed by atoms with Crippen LogP contribution in [0.1, 0.15) is 27.7 Å². The van der Waals surface area contributed by atoms with Gasteiger partial charge in [0.25, 0.3) is 11.6 Å². The van der Waals surface area contributed by atoms with Crippen molar-refractivity contribution in [2.45, 2.75) is 12.5 Å². The molecule has 9 heteroatoms. The van der Waals surface area contributed by atoms with E-state index < -0.39 is 22.8 Å². The fourth-order valence-electron chi connectivity index (χ4n) is 2.00. The number of nitrogens with one attached hydrogen (secondary N) is 1. The Balaban J connectivity index is 2.26. The topological polar surface area (TPSA) is 98.5 Å². The molecule has 1 N–H and O–H groups in total. The van der Waals surface area contributed by atoms with Crippen LogP contribution < -0.4 is 5.32 Å². The molecule has 2 aromatic rings. The Kier molecular flexibility index (Phi) is 5.88. The van der Waals surface area contributed by atoms with Gasteiger partial charge in [-0.15, -0.1) is 11.3 Å². The van der Waals surface area contributed by atoms with E-state index in [0.29, 0.717) is 0 Å². The molecule has 0 aliphatic heterocycles. The summed E-state index contributed by atoms with van der Waals surface area (Å²) < 4.78 is 4.64. The number of carbonyl (C=O) groups excluding carboxylic acids is 2. The van der Waals surface area contributed by atoms with Crippen LogP contribution >= 0.6 is 22.9 Å². The zero-order chi connectivity index (χ0) is 17.7. The summed E-state index contributed by atoms with van der Waals surface area (Å²) in [5, 5.41) is 15.4. The number of nitro groups is 1. The second-order valence-corrected chi connectivity index (χ2v) is 6.13. The molecule has 0 saturated carbocycles. The summed E-state index contributed by atoms with van der Waals surface area (Å²) in [4.78, 5) is 35.0. The molecule has 1 aromatic heterocycles. The number of nitro benzene ring substituents is 1. The fraction of sp³-hybridized carbons (Fsp3) is 0.200. The highest BCUT2D eigenvalue weighted by atomic mass is 35.5. The number of methoxy groups -OCH3 is 1. The van der Waals surface area contributed by atoms with E-state index in [1.54, 1.807) is 12.1 Å². The zero-order valence-corrected chi connectivity index (χ0v) is 14.1. The lowest BCUT2D eigenvalue weighted by molar-refractivity contribution is -0.384. The molecule has 0 aliphatic rings. The third-order valence-corrected chi connectivity index (χ3v) is 4.51. The van der Waals surface area contributed by atoms with E-state index >= 15 is 0 Å². The predicted molar refractivity (Wildman–Crippen MR) is 89.3 cm³/mol. The molecular formula is C15H13ClN2O5S. The summed E-state index contributed by atoms with van der Waals surface area (Å²) in [5.74, 6) is -1.09. The molecule has 1 atom stereocenters. The minimum atomic E-state index is -0.613. The van der Waals surface area contributed by atoms with Gasteiger partial charge < -0.3 is 10.1 Å². The second kappa shape index (κ2) is 7.89. The number of ether oxygens (including phenoxy) is 1. The van der Waals surface area contributed by atoms with Crippen molar-refractivity contribution in [2.24, 2.45) is 0 Å². The van der Waals surface area contributed by atoms with Gasteiger partial charge in [0, 0.05) is 17.0 Å². The molecule has 0 fully saturated rings. The van der Waals surface area contributed by atoms with Crippen molar-refractivity contribution < 1.29 is 19.2 Å². The monoisotopic (exact) mass is 368 g/mol. The summed E-state index contributed by atoms with van der Waals surface area (Å²) in [5.41, 5.74) is -0.275. The first-order valence-corrected chi connectivity index (χ1v) is 8.03. The Labute approximate surface area is 146 Å². The van der Waals surface area contributed by atoms with Crippen LogP contribution in [0, 0.1) is 10.1 Å². The molecule has 0 saturated heterocycles. The van der Waals surface area contributed by atoms with Crippen LogP contribution in [-0.4, -0.2) is 23.9 Å². The maximum atomic E-state index is 12.5. The average molecular weight is 369 g/mol. The Morgan fingerprint density at radius 1 is 1.42 bits per heavy atom. The van der Waals surface area contributed by atoms with E-state index in [2.05, 4.69) is 10.1 Å². The maximum absolute atomic E-state index is 12.5. The van der Waals surface area contributed by atoms with Gasteiger partial charge in [-0.05, 0) is 17.5 Å². The largest absolute Gasteiger partial charge is 0.469 e. The normalized spacial score (nSPS) is 11.6. The third-order valence-electron chi connectivity index (χ3n) is 3.20. The first-order valence-electron chi connectivity index (χ1n) is 6.77. The summed E-state index contributed by atoms with van der Waals surface area (Å²) in [7, 11) is 1.26. The van der Waals surface area contributed by atoms with Crippen molar-refractivity contribution in [2.75, 3.05) is 7.11 Å². The molecule has 0 bridgehead atoms. The van der Waals surface area contributed by atoms with Gasteiger partial charge in [-0.2, -0.15) is 0 Å². The number of carbonyl (C=O) groups is 2. The molecule has 2 rings (SSSR count). The highest BCUT2D eigenvalue weighted by Gasteiger charge is 2.23. The van der Waals surface area contributed by atoms with Crippen molar-refractivity contribution in [3.05, 3.63) is 61.3 Å². The van der Waals surface area contributed by atoms with Crippen molar-refractivity contribution >= 4 is 40.5 Å². The lowest BCUT2D eigenvalue weighted by Gasteiger charge is -2.17. The Hall–Kier alpha value is -2.45. The first kappa shape index (κ1) is 17.9. The lowest BCUT2D eigenvalue weighted by Crippen LogP contribution is -2.30. The molecule has 24 heavy (non-hydrogen) atoms. The van der Waals surface area contributed by atoms with Gasteiger partial charge in [-0.25, -0.2) is 0 Å². The van der Waals surface area contributed by atoms with Crippen molar-refractivity contribution in [1.29, 1.82) is 0 Å². The Bertz CT molecular complexity index is 763. The van der Waals surface area contributed by atoms with Crippen LogP contribution in [0.5, 0.6) is 0 Å². The molecule has 7 nitrogen and oxygen atoms in total. The van der Waals surface area contributed by atoms with Gasteiger partial charge in [-0.1, -0.05) is 17.7 Å². The summed E-state index contributed by atoms with van der Waals surface area (Å²) in [6.45, 7) is 0. The maximum Gasteiger partial charge on any atom is 0.307 e. The molecular weight excluding hydrogens is 356 g/mol. The standard InChI is InChI=1S/C15H13ClN2O5S/c1-23-14(19)8-12(13-3-2-6-24-13)17-15(20)10-7-9(18(21)22)4-5-11(10)16/h2-7,12H,8H2,1H3,(H,17,20). The van der Waals surface area contributed by atoms with E-state index in [9.17, 15) is 19.7 Å². The number of halogens is 1. The van der Waals surface area contributed by atoms with Gasteiger partial charge in [0.15, 0.2) is 0 Å². The third kappa shape index (κ3) is 4.30. The molecule has 1 heterocycles. The molecule has 1 amide bonds. The van der Waals surface area contributed by atoms with Gasteiger partial charge in [0.2, 0.25) is 0 Å². The van der Waals surface area contributed by atoms with Crippen LogP contribution in [0.25, 0.3) is 0 Å². The number of hydrogen-bond donors (Lipinski definition) is 1. The predicted octanol–water partition coefficient (Wildman–Crippen LogP) is 3.34. The molecule has 0 aliphatic carbocycles. The summed E-state index contributed by atoms with van der Waals surface area (Å²) in [6, 6.07) is 6.55. The van der Waals surface area contributed by atoms with Crippen molar-refractivity contribution in [1.82, 2.24) is 5.32 Å². The van der Waals surface area contributed by atoms with E-state index in [0.717, 1.165) is 10.9 Å². The van der Waals surface area contributed by atoms with E-state index in [1.165, 1.54) is 30.6 Å². The quantitative estimate of drug-likeness (QED) is 0.479. The van der Waals surface area contributed by atoms with Crippen molar-refractivity contribution in [3.63, 3.8) is 0 Å². The number of rotatable bonds is 6. The minimum Gasteiger partial charge on any atom is -0.469 e. The fourth-order valence-corrected chi connectivity index (χ4v) is 2.98. The van der Waals surface area contributed by atoms with Crippen molar-refractivity contribution in [3.8, 4) is 0 Å². The number of hydrogen-bond acceptors (Lipinski definition) is 6. The van der Waals surface area contributed by atoms with Gasteiger partial charge >= 0.3 is 5.97 Å². The first-order chi connectivity index (χ1) is 11.4. The number of nitrogens with zero attached hydrogens (tertiary/aromatic N) is 1. The zero-order valence-electron chi connectivity index (χ0n) is 12.5. The molecule has 1 aromatic carbocycles. The van der Waals surface area contributed by atoms with Crippen LogP contribution in [0.3, 0.4) is 0 Å². The number of non-ortho nitro benzene ring substituents is 1. The molecule has 1 unspecified atom stereocenters. The van der Waals surface area contributed by atoms with E-state index in [1.807, 2.05) is 5.38 Å². The highest BCUT2D eigenvalue weighted by Crippen LogP contribution is 2.26. The van der Waals surface area contributed by atoms with E-state index in [-0.39, 0.29) is 22.7 Å².